The molecule has 0 radical (unpaired) electrons. The summed E-state index contributed by atoms with van der Waals surface area (Å²) in [4.78, 5) is 9.20. The van der Waals surface area contributed by atoms with Crippen LogP contribution in [-0.2, 0) is 21.1 Å². The van der Waals surface area contributed by atoms with Crippen molar-refractivity contribution in [1.29, 1.82) is 0 Å². The molecule has 168 valence electrons. The first-order valence-corrected chi connectivity index (χ1v) is 11.0. The van der Waals surface area contributed by atoms with Gasteiger partial charge in [-0.1, -0.05) is 54.6 Å². The summed E-state index contributed by atoms with van der Waals surface area (Å²) in [5.41, 5.74) is 4.25. The van der Waals surface area contributed by atoms with Crippen LogP contribution in [0.3, 0.4) is 0 Å². The summed E-state index contributed by atoms with van der Waals surface area (Å²) in [7, 11) is 0. The Morgan fingerprint density at radius 1 is 0.686 bits per heavy atom. The molecule has 0 fully saturated rings. The van der Waals surface area contributed by atoms with E-state index in [1.807, 2.05) is 72.9 Å². The second-order valence-corrected chi connectivity index (χ2v) is 8.09. The van der Waals surface area contributed by atoms with Crippen molar-refractivity contribution in [2.75, 3.05) is 0 Å². The van der Waals surface area contributed by atoms with Crippen LogP contribution in [0.4, 0.5) is 0 Å². The fourth-order valence-corrected chi connectivity index (χ4v) is 4.40. The quantitative estimate of drug-likeness (QED) is 0.148. The molecular formula is C30H16N2O2Pt. The van der Waals surface area contributed by atoms with Crippen LogP contribution >= 0.6 is 0 Å². The molecule has 4 nitrogen and oxygen atoms in total. The molecule has 0 spiro atoms. The van der Waals surface area contributed by atoms with Gasteiger partial charge in [-0.05, 0) is 23.3 Å². The van der Waals surface area contributed by atoms with E-state index in [1.54, 1.807) is 6.20 Å². The van der Waals surface area contributed by atoms with E-state index in [9.17, 15) is 0 Å². The minimum atomic E-state index is 0. The molecule has 35 heavy (non-hydrogen) atoms. The first kappa shape index (κ1) is 21.5. The van der Waals surface area contributed by atoms with Gasteiger partial charge in [0.05, 0.1) is 0 Å². The largest absolute Gasteiger partial charge is 2.00 e. The van der Waals surface area contributed by atoms with Crippen LogP contribution in [0.25, 0.3) is 54.9 Å². The fourth-order valence-electron chi connectivity index (χ4n) is 4.40. The molecule has 5 heteroatoms. The number of nitrogens with zero attached hydrogens (tertiary/aromatic N) is 2. The monoisotopic (exact) mass is 631 g/mol. The van der Waals surface area contributed by atoms with E-state index in [2.05, 4.69) is 35.3 Å². The third-order valence-corrected chi connectivity index (χ3v) is 6.00. The molecule has 4 aromatic carbocycles. The van der Waals surface area contributed by atoms with Gasteiger partial charge in [0.1, 0.15) is 11.2 Å². The SMILES string of the molecule is [Pt+2].[c-]1c(Oc2[c-]c3c(cc2)ccc2c3ncc3c4ccccc4oc32)cccc1-c1ccccn1. The van der Waals surface area contributed by atoms with Crippen LogP contribution in [0.1, 0.15) is 0 Å². The molecule has 3 heterocycles. The van der Waals surface area contributed by atoms with Crippen LogP contribution in [-0.4, -0.2) is 9.97 Å². The Kier molecular flexibility index (Phi) is 5.32. The Bertz CT molecular complexity index is 1840. The van der Waals surface area contributed by atoms with Gasteiger partial charge in [-0.25, -0.2) is 0 Å². The number of rotatable bonds is 3. The zero-order chi connectivity index (χ0) is 22.5. The van der Waals surface area contributed by atoms with E-state index in [-0.39, 0.29) is 21.1 Å². The van der Waals surface area contributed by atoms with Crippen molar-refractivity contribution < 1.29 is 30.2 Å². The maximum Gasteiger partial charge on any atom is 2.00 e. The van der Waals surface area contributed by atoms with Crippen molar-refractivity contribution in [2.24, 2.45) is 0 Å². The van der Waals surface area contributed by atoms with Gasteiger partial charge in [0, 0.05) is 40.1 Å². The molecule has 0 N–H and O–H groups in total. The van der Waals surface area contributed by atoms with Crippen molar-refractivity contribution in [3.05, 3.63) is 109 Å². The maximum atomic E-state index is 6.20. The van der Waals surface area contributed by atoms with Gasteiger partial charge in [-0.2, -0.15) is 0 Å². The van der Waals surface area contributed by atoms with Gasteiger partial charge in [-0.3, -0.25) is 0 Å². The second kappa shape index (κ2) is 8.65. The van der Waals surface area contributed by atoms with Crippen LogP contribution in [0, 0.1) is 12.1 Å². The van der Waals surface area contributed by atoms with E-state index < -0.39 is 0 Å². The summed E-state index contributed by atoms with van der Waals surface area (Å²) >= 11 is 0. The number of hydrogen-bond acceptors (Lipinski definition) is 4. The molecule has 0 saturated heterocycles. The smallest absolute Gasteiger partial charge is 0.497 e. The molecule has 0 saturated carbocycles. The van der Waals surface area contributed by atoms with Gasteiger partial charge in [0.2, 0.25) is 0 Å². The van der Waals surface area contributed by atoms with Crippen molar-refractivity contribution in [2.45, 2.75) is 0 Å². The number of furan rings is 1. The third kappa shape index (κ3) is 3.67. The minimum absolute atomic E-state index is 0. The van der Waals surface area contributed by atoms with Crippen molar-refractivity contribution in [3.63, 3.8) is 0 Å². The Hall–Kier alpha value is -4.01. The predicted octanol–water partition coefficient (Wildman–Crippen LogP) is 7.74. The average molecular weight is 632 g/mol. The van der Waals surface area contributed by atoms with E-state index in [0.717, 1.165) is 54.9 Å². The van der Waals surface area contributed by atoms with Gasteiger partial charge in [0.25, 0.3) is 0 Å². The van der Waals surface area contributed by atoms with E-state index in [1.165, 1.54) is 0 Å². The Balaban J connectivity index is 0.00000229. The molecule has 0 aliphatic carbocycles. The van der Waals surface area contributed by atoms with Crippen LogP contribution in [0.5, 0.6) is 11.5 Å². The molecule has 0 atom stereocenters. The van der Waals surface area contributed by atoms with Gasteiger partial charge in [-0.15, -0.1) is 46.7 Å². The predicted molar refractivity (Wildman–Crippen MR) is 134 cm³/mol. The summed E-state index contributed by atoms with van der Waals surface area (Å²) in [5, 5.41) is 4.96. The number of benzene rings is 4. The Morgan fingerprint density at radius 2 is 1.54 bits per heavy atom. The van der Waals surface area contributed by atoms with Gasteiger partial charge >= 0.3 is 21.1 Å². The molecule has 0 aliphatic rings. The average Bonchev–Trinajstić information content (AvgIpc) is 3.28. The summed E-state index contributed by atoms with van der Waals surface area (Å²) in [6, 6.07) is 34.4. The minimum Gasteiger partial charge on any atom is -0.497 e. The number of pyridine rings is 2. The first-order valence-electron chi connectivity index (χ1n) is 11.0. The molecule has 0 bridgehead atoms. The Labute approximate surface area is 215 Å². The van der Waals surface area contributed by atoms with E-state index in [4.69, 9.17) is 14.1 Å². The second-order valence-electron chi connectivity index (χ2n) is 8.09. The van der Waals surface area contributed by atoms with Gasteiger partial charge in [0.15, 0.2) is 0 Å². The van der Waals surface area contributed by atoms with E-state index in [0.29, 0.717) is 11.5 Å². The molecule has 7 aromatic rings. The third-order valence-electron chi connectivity index (χ3n) is 6.00. The van der Waals surface area contributed by atoms with Crippen LogP contribution < -0.4 is 4.74 Å². The van der Waals surface area contributed by atoms with Gasteiger partial charge < -0.3 is 19.1 Å². The van der Waals surface area contributed by atoms with Crippen molar-refractivity contribution in [3.8, 4) is 22.8 Å². The van der Waals surface area contributed by atoms with Crippen molar-refractivity contribution in [1.82, 2.24) is 9.97 Å². The standard InChI is InChI=1S/C30H16N2O2.Pt/c1-2-10-28-23(8-1)26-18-32-29-24(30(26)34-28)14-12-19-11-13-22(17-25(19)29)33-21-7-5-6-20(16-21)27-9-3-4-15-31-27;/h1-15,18H;/q-2;+2. The number of para-hydroxylation sites is 1. The normalized spacial score (nSPS) is 11.2. The fraction of sp³-hybridized carbons (Fsp3) is 0. The first-order chi connectivity index (χ1) is 16.8. The van der Waals surface area contributed by atoms with Crippen molar-refractivity contribution >= 4 is 43.6 Å². The summed E-state index contributed by atoms with van der Waals surface area (Å²) in [5.74, 6) is 1.20. The zero-order valence-electron chi connectivity index (χ0n) is 18.3. The molecule has 0 unspecified atom stereocenters. The Morgan fingerprint density at radius 3 is 2.46 bits per heavy atom. The topological polar surface area (TPSA) is 48.2 Å². The maximum absolute atomic E-state index is 6.20. The molecule has 0 amide bonds. The molecule has 7 rings (SSSR count). The van der Waals surface area contributed by atoms with E-state index >= 15 is 0 Å². The summed E-state index contributed by atoms with van der Waals surface area (Å²) < 4.78 is 12.3. The zero-order valence-corrected chi connectivity index (χ0v) is 20.5. The number of fused-ring (bicyclic) bond motifs is 7. The van der Waals surface area contributed by atoms with Crippen LogP contribution in [0.2, 0.25) is 0 Å². The van der Waals surface area contributed by atoms with Crippen LogP contribution in [0.15, 0.2) is 102 Å². The molecular weight excluding hydrogens is 615 g/mol. The number of ether oxygens (including phenoxy) is 1. The summed E-state index contributed by atoms with van der Waals surface area (Å²) in [6.07, 6.45) is 3.65. The number of aromatic nitrogens is 2. The number of hydrogen-bond donors (Lipinski definition) is 0. The molecule has 0 aliphatic heterocycles. The summed E-state index contributed by atoms with van der Waals surface area (Å²) in [6.45, 7) is 0. The molecule has 3 aromatic heterocycles.